The second-order valence-electron chi connectivity index (χ2n) is 14.5. The van der Waals surface area contributed by atoms with Gasteiger partial charge < -0.3 is 0 Å². The largest absolute Gasteiger partial charge is 0.299 e. The molecule has 0 amide bonds. The maximum Gasteiger partial charge on any atom is 0.138 e. The summed E-state index contributed by atoms with van der Waals surface area (Å²) in [5, 5.41) is 0. The van der Waals surface area contributed by atoms with Crippen LogP contribution in [0.15, 0.2) is 12.2 Å². The Morgan fingerprint density at radius 1 is 0.806 bits per heavy atom. The normalized spacial score (nSPS) is 55.6. The van der Waals surface area contributed by atoms with Crippen molar-refractivity contribution in [3.8, 4) is 0 Å². The SMILES string of the molecule is C=C(C)C1CC[C@]2(C)CC[C@]3(C)[C@H](CC[C@@H]4[C@@]5(C)CCC(=O)C(C)(C)C5CC[C@]43C)C12. The fourth-order valence-corrected chi connectivity index (χ4v) is 11.3. The van der Waals surface area contributed by atoms with Crippen LogP contribution in [-0.2, 0) is 4.79 Å². The van der Waals surface area contributed by atoms with Gasteiger partial charge in [0.15, 0.2) is 0 Å². The summed E-state index contributed by atoms with van der Waals surface area (Å²) < 4.78 is 0. The Kier molecular flexibility index (Phi) is 4.66. The lowest BCUT2D eigenvalue weighted by atomic mass is 9.32. The minimum absolute atomic E-state index is 0.131. The first-order chi connectivity index (χ1) is 14.3. The van der Waals surface area contributed by atoms with E-state index in [9.17, 15) is 4.79 Å². The first-order valence-electron chi connectivity index (χ1n) is 13.5. The maximum absolute atomic E-state index is 12.9. The number of carbonyl (C=O) groups is 1. The van der Waals surface area contributed by atoms with Crippen LogP contribution >= 0.6 is 0 Å². The second kappa shape index (κ2) is 6.50. The van der Waals surface area contributed by atoms with E-state index >= 15 is 0 Å². The molecule has 0 N–H and O–H groups in total. The van der Waals surface area contributed by atoms with Crippen LogP contribution in [0.1, 0.15) is 113 Å². The number of carbonyl (C=O) groups excluding carboxylic acids is 1. The number of ketones is 1. The first-order valence-corrected chi connectivity index (χ1v) is 13.5. The third kappa shape index (κ3) is 2.59. The number of hydrogen-bond donors (Lipinski definition) is 0. The molecule has 5 fully saturated rings. The fraction of sp³-hybridized carbons (Fsp3) is 0.900. The summed E-state index contributed by atoms with van der Waals surface area (Å²) in [5.74, 6) is 4.33. The third-order valence-electron chi connectivity index (χ3n) is 13.2. The van der Waals surface area contributed by atoms with E-state index in [1.54, 1.807) is 0 Å². The molecule has 5 saturated carbocycles. The van der Waals surface area contributed by atoms with E-state index in [1.165, 1.54) is 56.9 Å². The molecule has 0 aromatic carbocycles. The molecule has 0 saturated heterocycles. The number of hydrogen-bond acceptors (Lipinski definition) is 1. The highest BCUT2D eigenvalue weighted by Gasteiger charge is 2.70. The molecule has 0 aromatic heterocycles. The summed E-state index contributed by atoms with van der Waals surface area (Å²) in [6, 6.07) is 0. The van der Waals surface area contributed by atoms with Crippen LogP contribution in [-0.4, -0.2) is 5.78 Å². The summed E-state index contributed by atoms with van der Waals surface area (Å²) >= 11 is 0. The standard InChI is InChI=1S/C30H48O/c1-19(2)20-11-14-27(5)17-18-29(7)21(25(20)27)9-10-23-28(6)15-13-24(31)26(3,4)22(28)12-16-30(23,29)8/h20-23,25H,1,9-18H2,2-8H3/t20?,21-,22?,23-,25?,27-,28+,29-,30-/m1/s1. The van der Waals surface area contributed by atoms with Crippen LogP contribution in [0.2, 0.25) is 0 Å². The van der Waals surface area contributed by atoms with Gasteiger partial charge in [0, 0.05) is 11.8 Å². The molecule has 0 aliphatic heterocycles. The lowest BCUT2D eigenvalue weighted by Crippen LogP contribution is -2.66. The van der Waals surface area contributed by atoms with Gasteiger partial charge in [-0.05, 0) is 116 Å². The summed E-state index contributed by atoms with van der Waals surface area (Å²) in [5.41, 5.74) is 3.06. The first kappa shape index (κ1) is 22.2. The van der Waals surface area contributed by atoms with Gasteiger partial charge in [0.1, 0.15) is 5.78 Å². The number of allylic oxidation sites excluding steroid dienone is 1. The zero-order chi connectivity index (χ0) is 22.6. The van der Waals surface area contributed by atoms with Crippen molar-refractivity contribution in [2.24, 2.45) is 56.7 Å². The fourth-order valence-electron chi connectivity index (χ4n) is 11.3. The molecular weight excluding hydrogens is 376 g/mol. The average Bonchev–Trinajstić information content (AvgIpc) is 3.04. The Morgan fingerprint density at radius 3 is 2.19 bits per heavy atom. The molecule has 0 spiro atoms. The predicted octanol–water partition coefficient (Wildman–Crippen LogP) is 8.23. The van der Waals surface area contributed by atoms with Crippen LogP contribution in [0, 0.1) is 56.7 Å². The van der Waals surface area contributed by atoms with Gasteiger partial charge in [0.05, 0.1) is 0 Å². The van der Waals surface area contributed by atoms with Gasteiger partial charge in [-0.25, -0.2) is 0 Å². The smallest absolute Gasteiger partial charge is 0.138 e. The van der Waals surface area contributed by atoms with Crippen molar-refractivity contribution in [3.63, 3.8) is 0 Å². The lowest BCUT2D eigenvalue weighted by molar-refractivity contribution is -0.232. The van der Waals surface area contributed by atoms with Crippen molar-refractivity contribution in [2.45, 2.75) is 113 Å². The number of fused-ring (bicyclic) bond motifs is 7. The molecule has 5 aliphatic rings. The minimum atomic E-state index is -0.131. The molecule has 0 radical (unpaired) electrons. The lowest BCUT2D eigenvalue weighted by Gasteiger charge is -2.72. The molecule has 1 nitrogen and oxygen atoms in total. The van der Waals surface area contributed by atoms with Crippen LogP contribution < -0.4 is 0 Å². The highest BCUT2D eigenvalue weighted by molar-refractivity contribution is 5.85. The summed E-state index contributed by atoms with van der Waals surface area (Å²) in [4.78, 5) is 12.9. The van der Waals surface area contributed by atoms with Crippen LogP contribution in [0.25, 0.3) is 0 Å². The zero-order valence-corrected chi connectivity index (χ0v) is 21.6. The molecule has 174 valence electrons. The van der Waals surface area contributed by atoms with E-state index < -0.39 is 0 Å². The maximum atomic E-state index is 12.9. The minimum Gasteiger partial charge on any atom is -0.299 e. The van der Waals surface area contributed by atoms with Gasteiger partial charge in [-0.1, -0.05) is 53.7 Å². The zero-order valence-electron chi connectivity index (χ0n) is 21.6. The molecular formula is C30H48O. The van der Waals surface area contributed by atoms with Crippen molar-refractivity contribution >= 4 is 5.78 Å². The van der Waals surface area contributed by atoms with E-state index in [4.69, 9.17) is 0 Å². The van der Waals surface area contributed by atoms with E-state index in [2.05, 4.69) is 55.0 Å². The Labute approximate surface area is 192 Å². The monoisotopic (exact) mass is 424 g/mol. The molecule has 5 rings (SSSR count). The number of Topliss-reactive ketones (excluding diaryl/α,β-unsaturated/α-hetero) is 1. The molecule has 0 heterocycles. The molecule has 31 heavy (non-hydrogen) atoms. The van der Waals surface area contributed by atoms with Crippen LogP contribution in [0.3, 0.4) is 0 Å². The van der Waals surface area contributed by atoms with Crippen molar-refractivity contribution < 1.29 is 4.79 Å². The second-order valence-corrected chi connectivity index (χ2v) is 14.5. The van der Waals surface area contributed by atoms with E-state index in [0.717, 1.165) is 36.5 Å². The van der Waals surface area contributed by atoms with Gasteiger partial charge in [0.25, 0.3) is 0 Å². The molecule has 3 unspecified atom stereocenters. The molecule has 0 bridgehead atoms. The molecule has 9 atom stereocenters. The predicted molar refractivity (Wildman–Crippen MR) is 130 cm³/mol. The summed E-state index contributed by atoms with van der Waals surface area (Å²) in [6.07, 6.45) is 13.0. The van der Waals surface area contributed by atoms with Crippen LogP contribution in [0.4, 0.5) is 0 Å². The Hall–Kier alpha value is -0.590. The van der Waals surface area contributed by atoms with E-state index in [1.807, 2.05) is 0 Å². The van der Waals surface area contributed by atoms with Gasteiger partial charge >= 0.3 is 0 Å². The highest BCUT2D eigenvalue weighted by atomic mass is 16.1. The van der Waals surface area contributed by atoms with Gasteiger partial charge in [0.2, 0.25) is 0 Å². The molecule has 0 aromatic rings. The van der Waals surface area contributed by atoms with Gasteiger partial charge in [-0.15, -0.1) is 0 Å². The Bertz CT molecular complexity index is 807. The number of rotatable bonds is 1. The Morgan fingerprint density at radius 2 is 1.52 bits per heavy atom. The molecule has 1 heteroatoms. The summed E-state index contributed by atoms with van der Waals surface area (Å²) in [7, 11) is 0. The summed E-state index contributed by atoms with van der Waals surface area (Å²) in [6.45, 7) is 22.0. The Balaban J connectivity index is 1.55. The van der Waals surface area contributed by atoms with Crippen molar-refractivity contribution in [2.75, 3.05) is 0 Å². The van der Waals surface area contributed by atoms with Crippen molar-refractivity contribution in [1.29, 1.82) is 0 Å². The molecule has 5 aliphatic carbocycles. The highest BCUT2D eigenvalue weighted by Crippen LogP contribution is 2.77. The van der Waals surface area contributed by atoms with E-state index in [-0.39, 0.29) is 5.41 Å². The van der Waals surface area contributed by atoms with Gasteiger partial charge in [-0.2, -0.15) is 0 Å². The van der Waals surface area contributed by atoms with Crippen LogP contribution in [0.5, 0.6) is 0 Å². The van der Waals surface area contributed by atoms with Crippen molar-refractivity contribution in [3.05, 3.63) is 12.2 Å². The van der Waals surface area contributed by atoms with E-state index in [0.29, 0.717) is 33.4 Å². The third-order valence-corrected chi connectivity index (χ3v) is 13.2. The van der Waals surface area contributed by atoms with Gasteiger partial charge in [-0.3, -0.25) is 4.79 Å². The average molecular weight is 425 g/mol. The van der Waals surface area contributed by atoms with Crippen molar-refractivity contribution in [1.82, 2.24) is 0 Å². The quantitative estimate of drug-likeness (QED) is 0.387. The topological polar surface area (TPSA) is 17.1 Å².